The van der Waals surface area contributed by atoms with Gasteiger partial charge in [-0.1, -0.05) is 37.3 Å². The molecule has 0 amide bonds. The fourth-order valence-electron chi connectivity index (χ4n) is 4.39. The Morgan fingerprint density at radius 3 is 2.69 bits per heavy atom. The van der Waals surface area contributed by atoms with E-state index in [0.29, 0.717) is 20.8 Å². The Kier molecular flexibility index (Phi) is 9.91. The monoisotopic (exact) mass is 506 g/mol. The summed E-state index contributed by atoms with van der Waals surface area (Å²) in [6.45, 7) is 7.37. The molecule has 1 saturated heterocycles. The van der Waals surface area contributed by atoms with Gasteiger partial charge in [0.25, 0.3) is 0 Å². The van der Waals surface area contributed by atoms with Gasteiger partial charge in [0.2, 0.25) is 0 Å². The lowest BCUT2D eigenvalue weighted by molar-refractivity contribution is -0.152. The fraction of sp³-hybridized carbons (Fsp3) is 0.593. The summed E-state index contributed by atoms with van der Waals surface area (Å²) in [4.78, 5) is 13.1. The van der Waals surface area contributed by atoms with E-state index in [1.807, 2.05) is 45.1 Å². The molecule has 1 fully saturated rings. The smallest absolute Gasteiger partial charge is 0.342 e. The first-order valence-corrected chi connectivity index (χ1v) is 13.4. The highest BCUT2D eigenvalue weighted by molar-refractivity contribution is 7.32. The molecule has 6 atom stereocenters. The number of hydrogen-bond donors (Lipinski definition) is 2. The highest BCUT2D eigenvalue weighted by Gasteiger charge is 2.43. The molecule has 0 aromatic heterocycles. The summed E-state index contributed by atoms with van der Waals surface area (Å²) in [7, 11) is 2.21. The molecular formula is C27H39O7P. The lowest BCUT2D eigenvalue weighted by Crippen LogP contribution is -2.34. The first-order chi connectivity index (χ1) is 16.6. The average molecular weight is 507 g/mol. The van der Waals surface area contributed by atoms with Crippen LogP contribution in [0.15, 0.2) is 30.4 Å². The number of benzene rings is 1. The number of esters is 1. The first kappa shape index (κ1) is 27.8. The molecule has 35 heavy (non-hydrogen) atoms. The molecular weight excluding hydrogens is 467 g/mol. The maximum absolute atomic E-state index is 13.1. The van der Waals surface area contributed by atoms with Crippen molar-refractivity contribution in [2.75, 3.05) is 13.3 Å². The van der Waals surface area contributed by atoms with E-state index in [1.165, 1.54) is 0 Å². The molecule has 3 rings (SSSR count). The largest absolute Gasteiger partial charge is 0.507 e. The van der Waals surface area contributed by atoms with Gasteiger partial charge in [-0.25, -0.2) is 4.79 Å². The van der Waals surface area contributed by atoms with E-state index in [0.717, 1.165) is 31.0 Å². The second-order valence-corrected chi connectivity index (χ2v) is 11.0. The number of unbranched alkanes of at least 4 members (excludes halogenated alkanes) is 1. The number of carbonyl (C=O) groups is 1. The molecule has 2 N–H and O–H groups in total. The fourth-order valence-corrected chi connectivity index (χ4v) is 4.99. The standard InChI is InChI=1S/C27H39O7P/c1-17-12-13-21(28)25-23(33-27(3,4)34-25)11-8-10-20-15-19(9-6-7-14-35-31-5)16-22(29)24(20)26(30)32-18(17)2/h8,10,12-13,15-18,21,23,25,28-29,35H,6-7,9,11,14H2,1-5H3/b10-8+,13-12-/t17-,18+,21?,23+,25-/m1/s1. The molecule has 2 unspecified atom stereocenters. The Bertz CT molecular complexity index is 926. The highest BCUT2D eigenvalue weighted by Crippen LogP contribution is 2.34. The van der Waals surface area contributed by atoms with E-state index in [4.69, 9.17) is 18.7 Å². The van der Waals surface area contributed by atoms with Crippen LogP contribution in [0.3, 0.4) is 0 Å². The van der Waals surface area contributed by atoms with Gasteiger partial charge in [-0.15, -0.1) is 0 Å². The third-order valence-corrected chi connectivity index (χ3v) is 7.27. The van der Waals surface area contributed by atoms with Gasteiger partial charge in [0.05, 0.1) is 6.10 Å². The lowest BCUT2D eigenvalue weighted by atomic mass is 9.97. The van der Waals surface area contributed by atoms with Crippen molar-refractivity contribution in [1.82, 2.24) is 0 Å². The predicted molar refractivity (Wildman–Crippen MR) is 138 cm³/mol. The van der Waals surface area contributed by atoms with Crippen LogP contribution in [0.5, 0.6) is 5.75 Å². The summed E-state index contributed by atoms with van der Waals surface area (Å²) in [5.74, 6) is -1.61. The van der Waals surface area contributed by atoms with Gasteiger partial charge in [0, 0.05) is 21.8 Å². The summed E-state index contributed by atoms with van der Waals surface area (Å²) in [5.41, 5.74) is 1.72. The number of aliphatic hydroxyl groups excluding tert-OH is 1. The summed E-state index contributed by atoms with van der Waals surface area (Å²) in [5, 5.41) is 21.6. The van der Waals surface area contributed by atoms with Crippen LogP contribution in [0, 0.1) is 5.92 Å². The van der Waals surface area contributed by atoms with Gasteiger partial charge in [-0.2, -0.15) is 0 Å². The molecule has 1 aromatic rings. The van der Waals surface area contributed by atoms with Crippen LogP contribution in [0.2, 0.25) is 0 Å². The minimum Gasteiger partial charge on any atom is -0.507 e. The van der Waals surface area contributed by atoms with Gasteiger partial charge in [-0.05, 0) is 69.8 Å². The number of rotatable bonds is 6. The molecule has 1 aromatic carbocycles. The van der Waals surface area contributed by atoms with Crippen LogP contribution in [0.4, 0.5) is 0 Å². The molecule has 2 aliphatic heterocycles. The van der Waals surface area contributed by atoms with Crippen molar-refractivity contribution in [3.63, 3.8) is 0 Å². The molecule has 194 valence electrons. The lowest BCUT2D eigenvalue weighted by Gasteiger charge is -2.22. The van der Waals surface area contributed by atoms with E-state index in [1.54, 1.807) is 26.2 Å². The molecule has 0 bridgehead atoms. The highest BCUT2D eigenvalue weighted by atomic mass is 31.1. The van der Waals surface area contributed by atoms with E-state index in [2.05, 4.69) is 0 Å². The van der Waals surface area contributed by atoms with Gasteiger partial charge >= 0.3 is 5.97 Å². The van der Waals surface area contributed by atoms with Crippen molar-refractivity contribution >= 4 is 20.9 Å². The van der Waals surface area contributed by atoms with E-state index in [9.17, 15) is 15.0 Å². The molecule has 0 saturated carbocycles. The molecule has 8 heteroatoms. The number of aliphatic hydroxyl groups is 1. The number of fused-ring (bicyclic) bond motifs is 2. The van der Waals surface area contributed by atoms with Crippen molar-refractivity contribution in [2.24, 2.45) is 5.92 Å². The Morgan fingerprint density at radius 1 is 1.17 bits per heavy atom. The van der Waals surface area contributed by atoms with Crippen molar-refractivity contribution in [3.8, 4) is 5.75 Å². The van der Waals surface area contributed by atoms with Crippen LogP contribution >= 0.6 is 8.81 Å². The summed E-state index contributed by atoms with van der Waals surface area (Å²) in [6.07, 6.45) is 9.29. The number of aryl methyl sites for hydroxylation is 1. The number of cyclic esters (lactones) is 1. The zero-order chi connectivity index (χ0) is 25.6. The Balaban J connectivity index is 1.92. The normalized spacial score (nSPS) is 30.9. The Hall–Kier alpha value is -1.76. The number of aromatic hydroxyl groups is 1. The molecule has 2 aliphatic rings. The van der Waals surface area contributed by atoms with Crippen molar-refractivity contribution in [3.05, 3.63) is 47.1 Å². The van der Waals surface area contributed by atoms with Crippen LogP contribution in [0.1, 0.15) is 68.4 Å². The van der Waals surface area contributed by atoms with Crippen LogP contribution in [-0.2, 0) is 25.2 Å². The summed E-state index contributed by atoms with van der Waals surface area (Å²) < 4.78 is 22.9. The zero-order valence-electron chi connectivity index (χ0n) is 21.3. The second kappa shape index (κ2) is 12.5. The minimum atomic E-state index is -0.856. The molecule has 7 nitrogen and oxygen atoms in total. The first-order valence-electron chi connectivity index (χ1n) is 12.3. The third-order valence-electron chi connectivity index (χ3n) is 6.42. The third kappa shape index (κ3) is 7.61. The average Bonchev–Trinajstić information content (AvgIpc) is 3.10. The van der Waals surface area contributed by atoms with Crippen molar-refractivity contribution in [2.45, 2.75) is 83.6 Å². The van der Waals surface area contributed by atoms with Gasteiger partial charge in [0.1, 0.15) is 29.6 Å². The topological polar surface area (TPSA) is 94.5 Å². The second-order valence-electron chi connectivity index (χ2n) is 9.76. The van der Waals surface area contributed by atoms with E-state index < -0.39 is 30.1 Å². The van der Waals surface area contributed by atoms with Gasteiger partial charge in [-0.3, -0.25) is 0 Å². The Morgan fingerprint density at radius 2 is 1.94 bits per heavy atom. The zero-order valence-corrected chi connectivity index (χ0v) is 22.3. The summed E-state index contributed by atoms with van der Waals surface area (Å²) >= 11 is 0. The molecule has 0 aliphatic carbocycles. The van der Waals surface area contributed by atoms with Crippen LogP contribution < -0.4 is 0 Å². The quantitative estimate of drug-likeness (QED) is 0.243. The van der Waals surface area contributed by atoms with Gasteiger partial charge in [0.15, 0.2) is 5.79 Å². The van der Waals surface area contributed by atoms with Crippen LogP contribution in [-0.4, -0.2) is 59.7 Å². The molecule has 0 spiro atoms. The Labute approximate surface area is 210 Å². The van der Waals surface area contributed by atoms with Crippen molar-refractivity contribution < 1.29 is 33.7 Å². The van der Waals surface area contributed by atoms with Crippen molar-refractivity contribution in [1.29, 1.82) is 0 Å². The predicted octanol–water partition coefficient (Wildman–Crippen LogP) is 4.99. The number of carbonyl (C=O) groups excluding carboxylic acids is 1. The van der Waals surface area contributed by atoms with Crippen LogP contribution in [0.25, 0.3) is 6.08 Å². The number of phenolic OH excluding ortho intramolecular Hbond substituents is 1. The molecule has 0 radical (unpaired) electrons. The number of phenols is 1. The van der Waals surface area contributed by atoms with E-state index >= 15 is 0 Å². The summed E-state index contributed by atoms with van der Waals surface area (Å²) in [6, 6.07) is 3.60. The van der Waals surface area contributed by atoms with E-state index in [-0.39, 0.29) is 23.3 Å². The number of hydrogen-bond acceptors (Lipinski definition) is 7. The molecule has 2 heterocycles. The minimum absolute atomic E-state index is 0.0803. The number of ether oxygens (including phenoxy) is 3. The van der Waals surface area contributed by atoms with Gasteiger partial charge < -0.3 is 28.9 Å². The maximum atomic E-state index is 13.1. The maximum Gasteiger partial charge on any atom is 0.342 e. The SMILES string of the molecule is COPCCCCc1cc(O)c2c(c1)/C=C/C[C@@H]1OC(C)(C)O[C@@H]1C(O)/C=C\[C@@H](C)[C@H](C)OC2=O.